The highest BCUT2D eigenvalue weighted by Crippen LogP contribution is 2.27. The van der Waals surface area contributed by atoms with Crippen molar-refractivity contribution in [3.8, 4) is 5.69 Å². The van der Waals surface area contributed by atoms with Crippen LogP contribution in [0.4, 0.5) is 5.82 Å². The number of nitrogens with zero attached hydrogens (tertiary/aromatic N) is 3. The molecule has 0 aliphatic heterocycles. The Hall–Kier alpha value is -2.67. The third-order valence-corrected chi connectivity index (χ3v) is 5.03. The van der Waals surface area contributed by atoms with Crippen molar-refractivity contribution in [3.63, 3.8) is 0 Å². The van der Waals surface area contributed by atoms with E-state index in [1.807, 2.05) is 58.0 Å². The fourth-order valence-electron chi connectivity index (χ4n) is 3.28. The van der Waals surface area contributed by atoms with Crippen LogP contribution in [0.1, 0.15) is 59.2 Å². The number of rotatable bonds is 8. The second-order valence-corrected chi connectivity index (χ2v) is 10.3. The quantitative estimate of drug-likeness (QED) is 0.618. The van der Waals surface area contributed by atoms with E-state index in [1.165, 1.54) is 0 Å². The fraction of sp³-hybridized carbons (Fsp3) is 0.560. The maximum atomic E-state index is 13.0. The second-order valence-electron chi connectivity index (χ2n) is 10.3. The molecular weight excluding hydrogens is 404 g/mol. The van der Waals surface area contributed by atoms with Crippen LogP contribution in [-0.2, 0) is 19.7 Å². The standard InChI is InChI=1S/C25H38N4O3/c1-18-11-9-12-19(15-18)29-21(16-20(27-29)24(2,3)4)26-22(30)17-28(13-10-14-32-8)23(31)25(5,6)7/h9,11-12,15-16H,10,13-14,17H2,1-8H3,(H,26,30). The maximum absolute atomic E-state index is 13.0. The molecule has 7 nitrogen and oxygen atoms in total. The minimum Gasteiger partial charge on any atom is -0.385 e. The molecule has 1 heterocycles. The molecule has 0 fully saturated rings. The first-order valence-electron chi connectivity index (χ1n) is 11.1. The van der Waals surface area contributed by atoms with Crippen LogP contribution in [0, 0.1) is 12.3 Å². The Balaban J connectivity index is 2.30. The van der Waals surface area contributed by atoms with Gasteiger partial charge >= 0.3 is 0 Å². The van der Waals surface area contributed by atoms with Gasteiger partial charge < -0.3 is 15.0 Å². The number of hydrogen-bond acceptors (Lipinski definition) is 4. The van der Waals surface area contributed by atoms with Crippen molar-refractivity contribution in [1.29, 1.82) is 0 Å². The summed E-state index contributed by atoms with van der Waals surface area (Å²) in [4.78, 5) is 27.5. The van der Waals surface area contributed by atoms with Gasteiger partial charge in [-0.15, -0.1) is 0 Å². The molecule has 0 aliphatic carbocycles. The largest absolute Gasteiger partial charge is 0.385 e. The van der Waals surface area contributed by atoms with Gasteiger partial charge in [-0.2, -0.15) is 5.10 Å². The van der Waals surface area contributed by atoms with E-state index in [4.69, 9.17) is 9.84 Å². The molecule has 1 aromatic heterocycles. The first-order chi connectivity index (χ1) is 14.8. The number of benzene rings is 1. The van der Waals surface area contributed by atoms with Crippen molar-refractivity contribution in [1.82, 2.24) is 14.7 Å². The van der Waals surface area contributed by atoms with Crippen molar-refractivity contribution in [2.45, 2.75) is 60.3 Å². The van der Waals surface area contributed by atoms with E-state index >= 15 is 0 Å². The molecule has 0 atom stereocenters. The average Bonchev–Trinajstić information content (AvgIpc) is 3.10. The highest BCUT2D eigenvalue weighted by atomic mass is 16.5. The summed E-state index contributed by atoms with van der Waals surface area (Å²) in [6.45, 7) is 14.8. The van der Waals surface area contributed by atoms with Crippen LogP contribution in [0.2, 0.25) is 0 Å². The van der Waals surface area contributed by atoms with Gasteiger partial charge in [0.1, 0.15) is 5.82 Å². The highest BCUT2D eigenvalue weighted by molar-refractivity contribution is 5.95. The fourth-order valence-corrected chi connectivity index (χ4v) is 3.28. The van der Waals surface area contributed by atoms with E-state index < -0.39 is 5.41 Å². The number of methoxy groups -OCH3 is 1. The smallest absolute Gasteiger partial charge is 0.245 e. The average molecular weight is 443 g/mol. The summed E-state index contributed by atoms with van der Waals surface area (Å²) in [7, 11) is 1.63. The van der Waals surface area contributed by atoms with E-state index in [-0.39, 0.29) is 23.8 Å². The highest BCUT2D eigenvalue weighted by Gasteiger charge is 2.29. The Labute approximate surface area is 192 Å². The lowest BCUT2D eigenvalue weighted by Gasteiger charge is -2.29. The lowest BCUT2D eigenvalue weighted by atomic mass is 9.92. The van der Waals surface area contributed by atoms with Crippen LogP contribution in [0.25, 0.3) is 5.69 Å². The number of carbonyl (C=O) groups excluding carboxylic acids is 2. The number of aryl methyl sites for hydroxylation is 1. The van der Waals surface area contributed by atoms with E-state index in [9.17, 15) is 9.59 Å². The third kappa shape index (κ3) is 6.92. The van der Waals surface area contributed by atoms with Gasteiger partial charge in [0.25, 0.3) is 0 Å². The summed E-state index contributed by atoms with van der Waals surface area (Å²) < 4.78 is 6.87. The van der Waals surface area contributed by atoms with Crippen LogP contribution < -0.4 is 5.32 Å². The number of nitrogens with one attached hydrogen (secondary N) is 1. The van der Waals surface area contributed by atoms with Gasteiger partial charge in [0.05, 0.1) is 17.9 Å². The molecule has 2 rings (SSSR count). The second kappa shape index (κ2) is 10.3. The molecule has 0 unspecified atom stereocenters. The zero-order valence-electron chi connectivity index (χ0n) is 20.8. The van der Waals surface area contributed by atoms with Crippen molar-refractivity contribution >= 4 is 17.6 Å². The van der Waals surface area contributed by atoms with Gasteiger partial charge in [0.15, 0.2) is 0 Å². The van der Waals surface area contributed by atoms with E-state index in [0.717, 1.165) is 16.9 Å². The number of aromatic nitrogens is 2. The van der Waals surface area contributed by atoms with Crippen molar-refractivity contribution in [2.75, 3.05) is 32.1 Å². The Kier molecular flexibility index (Phi) is 8.24. The Morgan fingerprint density at radius 1 is 1.12 bits per heavy atom. The SMILES string of the molecule is COCCCN(CC(=O)Nc1cc(C(C)(C)C)nn1-c1cccc(C)c1)C(=O)C(C)(C)C. The molecule has 2 aromatic rings. The van der Waals surface area contributed by atoms with Crippen LogP contribution in [0.3, 0.4) is 0 Å². The van der Waals surface area contributed by atoms with Crippen LogP contribution in [-0.4, -0.2) is 53.3 Å². The molecule has 0 saturated heterocycles. The molecule has 1 aromatic carbocycles. The first kappa shape index (κ1) is 25.6. The van der Waals surface area contributed by atoms with Crippen LogP contribution >= 0.6 is 0 Å². The van der Waals surface area contributed by atoms with Crippen molar-refractivity contribution < 1.29 is 14.3 Å². The first-order valence-corrected chi connectivity index (χ1v) is 11.1. The summed E-state index contributed by atoms with van der Waals surface area (Å²) in [5.74, 6) is 0.270. The van der Waals surface area contributed by atoms with E-state index in [1.54, 1.807) is 16.7 Å². The molecule has 0 spiro atoms. The molecule has 0 aliphatic rings. The predicted octanol–water partition coefficient (Wildman–Crippen LogP) is 4.33. The van der Waals surface area contributed by atoms with Gasteiger partial charge in [0, 0.05) is 37.2 Å². The Bertz CT molecular complexity index is 935. The predicted molar refractivity (Wildman–Crippen MR) is 128 cm³/mol. The van der Waals surface area contributed by atoms with Gasteiger partial charge in [-0.3, -0.25) is 9.59 Å². The normalized spacial score (nSPS) is 12.0. The minimum absolute atomic E-state index is 0.0241. The molecule has 0 saturated carbocycles. The summed E-state index contributed by atoms with van der Waals surface area (Å²) in [5, 5.41) is 7.75. The zero-order valence-corrected chi connectivity index (χ0v) is 20.8. The lowest BCUT2D eigenvalue weighted by molar-refractivity contribution is -0.142. The molecule has 0 radical (unpaired) electrons. The van der Waals surface area contributed by atoms with Crippen molar-refractivity contribution in [2.24, 2.45) is 5.41 Å². The topological polar surface area (TPSA) is 76.5 Å². The Morgan fingerprint density at radius 2 is 1.81 bits per heavy atom. The monoisotopic (exact) mass is 442 g/mol. The van der Waals surface area contributed by atoms with Crippen LogP contribution in [0.5, 0.6) is 0 Å². The number of hydrogen-bond donors (Lipinski definition) is 1. The summed E-state index contributed by atoms with van der Waals surface area (Å²) in [6, 6.07) is 9.87. The third-order valence-electron chi connectivity index (χ3n) is 5.03. The van der Waals surface area contributed by atoms with Gasteiger partial charge in [-0.1, -0.05) is 53.7 Å². The molecule has 7 heteroatoms. The number of ether oxygens (including phenoxy) is 1. The molecule has 0 bridgehead atoms. The molecular formula is C25H38N4O3. The van der Waals surface area contributed by atoms with Crippen molar-refractivity contribution in [3.05, 3.63) is 41.6 Å². The van der Waals surface area contributed by atoms with Gasteiger partial charge in [-0.05, 0) is 31.0 Å². The van der Waals surface area contributed by atoms with E-state index in [0.29, 0.717) is 25.4 Å². The maximum Gasteiger partial charge on any atom is 0.245 e. The number of carbonyl (C=O) groups is 2. The Morgan fingerprint density at radius 3 is 2.38 bits per heavy atom. The van der Waals surface area contributed by atoms with E-state index in [2.05, 4.69) is 26.1 Å². The molecule has 2 amide bonds. The zero-order chi connectivity index (χ0) is 24.1. The summed E-state index contributed by atoms with van der Waals surface area (Å²) in [6.07, 6.45) is 0.668. The summed E-state index contributed by atoms with van der Waals surface area (Å²) >= 11 is 0. The number of anilines is 1. The van der Waals surface area contributed by atoms with Crippen LogP contribution in [0.15, 0.2) is 30.3 Å². The molecule has 32 heavy (non-hydrogen) atoms. The molecule has 176 valence electrons. The lowest BCUT2D eigenvalue weighted by Crippen LogP contribution is -2.44. The minimum atomic E-state index is -0.573. The molecule has 1 N–H and O–H groups in total. The van der Waals surface area contributed by atoms with Gasteiger partial charge in [-0.25, -0.2) is 4.68 Å². The number of amides is 2. The van der Waals surface area contributed by atoms with Gasteiger partial charge in [0.2, 0.25) is 11.8 Å². The summed E-state index contributed by atoms with van der Waals surface area (Å²) in [5.41, 5.74) is 2.10.